The van der Waals surface area contributed by atoms with Crippen molar-refractivity contribution in [2.45, 2.75) is 19.4 Å². The minimum atomic E-state index is -0.411. The average Bonchev–Trinajstić information content (AvgIpc) is 2.43. The molecule has 0 radical (unpaired) electrons. The van der Waals surface area contributed by atoms with Crippen LogP contribution in [0, 0.1) is 10.1 Å². The molecule has 19 heavy (non-hydrogen) atoms. The van der Waals surface area contributed by atoms with E-state index in [0.29, 0.717) is 26.1 Å². The second kappa shape index (κ2) is 5.79. The van der Waals surface area contributed by atoms with Gasteiger partial charge in [-0.2, -0.15) is 0 Å². The Morgan fingerprint density at radius 1 is 1.47 bits per heavy atom. The van der Waals surface area contributed by atoms with Crippen molar-refractivity contribution in [3.05, 3.63) is 39.4 Å². The van der Waals surface area contributed by atoms with Crippen LogP contribution in [0.2, 0.25) is 0 Å². The molecule has 102 valence electrons. The molecular weight excluding hydrogens is 248 g/mol. The molecule has 1 aliphatic heterocycles. The first-order chi connectivity index (χ1) is 9.11. The van der Waals surface area contributed by atoms with Crippen LogP contribution >= 0.6 is 0 Å². The van der Waals surface area contributed by atoms with Gasteiger partial charge in [-0.05, 0) is 17.5 Å². The molecule has 0 atom stereocenters. The molecule has 0 N–H and O–H groups in total. The molecule has 0 aromatic heterocycles. The topological polar surface area (TPSA) is 72.7 Å². The second-order valence-electron chi connectivity index (χ2n) is 4.52. The molecule has 1 heterocycles. The molecule has 6 nitrogen and oxygen atoms in total. The van der Waals surface area contributed by atoms with E-state index in [1.54, 1.807) is 24.1 Å². The number of rotatable bonds is 4. The van der Waals surface area contributed by atoms with Crippen LogP contribution in [0.15, 0.2) is 18.2 Å². The number of hydrogen-bond acceptors (Lipinski definition) is 4. The maximum atomic E-state index is 11.9. The highest BCUT2D eigenvalue weighted by Gasteiger charge is 2.22. The summed E-state index contributed by atoms with van der Waals surface area (Å²) in [4.78, 5) is 24.0. The van der Waals surface area contributed by atoms with Crippen LogP contribution in [0.5, 0.6) is 0 Å². The summed E-state index contributed by atoms with van der Waals surface area (Å²) in [7, 11) is 1.56. The number of ether oxygens (including phenoxy) is 1. The summed E-state index contributed by atoms with van der Waals surface area (Å²) >= 11 is 0. The fourth-order valence-electron chi connectivity index (χ4n) is 2.22. The van der Waals surface area contributed by atoms with Gasteiger partial charge in [0.1, 0.15) is 0 Å². The highest BCUT2D eigenvalue weighted by molar-refractivity contribution is 5.76. The summed E-state index contributed by atoms with van der Waals surface area (Å²) in [5.74, 6) is 0.0269. The zero-order valence-electron chi connectivity index (χ0n) is 10.8. The minimum Gasteiger partial charge on any atom is -0.384 e. The van der Waals surface area contributed by atoms with Crippen molar-refractivity contribution in [2.24, 2.45) is 0 Å². The van der Waals surface area contributed by atoms with E-state index in [9.17, 15) is 14.9 Å². The third kappa shape index (κ3) is 3.08. The Labute approximate surface area is 111 Å². The van der Waals surface area contributed by atoms with Gasteiger partial charge in [-0.3, -0.25) is 14.9 Å². The monoisotopic (exact) mass is 264 g/mol. The fourth-order valence-corrected chi connectivity index (χ4v) is 2.22. The largest absolute Gasteiger partial charge is 0.384 e. The van der Waals surface area contributed by atoms with Crippen molar-refractivity contribution in [3.63, 3.8) is 0 Å². The molecule has 0 saturated heterocycles. The molecule has 2 rings (SSSR count). The van der Waals surface area contributed by atoms with Crippen LogP contribution in [-0.4, -0.2) is 36.0 Å². The lowest BCUT2D eigenvalue weighted by Crippen LogP contribution is -2.36. The standard InChI is InChI=1S/C13H16N2O4/c1-19-7-5-13(16)14-6-4-10-2-3-12(15(17)18)8-11(10)9-14/h2-3,8H,4-7,9H2,1H3. The van der Waals surface area contributed by atoms with E-state index < -0.39 is 4.92 Å². The number of methoxy groups -OCH3 is 1. The molecule has 0 saturated carbocycles. The van der Waals surface area contributed by atoms with Gasteiger partial charge in [0.05, 0.1) is 18.0 Å². The summed E-state index contributed by atoms with van der Waals surface area (Å²) in [6.45, 7) is 1.50. The first-order valence-corrected chi connectivity index (χ1v) is 6.14. The smallest absolute Gasteiger partial charge is 0.269 e. The van der Waals surface area contributed by atoms with E-state index in [1.165, 1.54) is 6.07 Å². The van der Waals surface area contributed by atoms with E-state index in [2.05, 4.69) is 0 Å². The number of non-ortho nitro benzene ring substituents is 1. The molecular formula is C13H16N2O4. The van der Waals surface area contributed by atoms with E-state index in [1.807, 2.05) is 0 Å². The third-order valence-corrected chi connectivity index (χ3v) is 3.29. The van der Waals surface area contributed by atoms with E-state index in [-0.39, 0.29) is 11.6 Å². The van der Waals surface area contributed by atoms with Crippen molar-refractivity contribution in [1.29, 1.82) is 0 Å². The van der Waals surface area contributed by atoms with Crippen LogP contribution in [0.25, 0.3) is 0 Å². The quantitative estimate of drug-likeness (QED) is 0.610. The van der Waals surface area contributed by atoms with Gasteiger partial charge in [0, 0.05) is 32.3 Å². The lowest BCUT2D eigenvalue weighted by molar-refractivity contribution is -0.385. The number of fused-ring (bicyclic) bond motifs is 1. The van der Waals surface area contributed by atoms with Crippen molar-refractivity contribution >= 4 is 11.6 Å². The Bertz CT molecular complexity index is 501. The maximum absolute atomic E-state index is 11.9. The second-order valence-corrected chi connectivity index (χ2v) is 4.52. The Kier molecular flexibility index (Phi) is 4.11. The van der Waals surface area contributed by atoms with Gasteiger partial charge >= 0.3 is 0 Å². The SMILES string of the molecule is COCCC(=O)N1CCc2ccc([N+](=O)[O-])cc2C1. The first kappa shape index (κ1) is 13.5. The zero-order valence-corrected chi connectivity index (χ0v) is 10.8. The number of hydrogen-bond donors (Lipinski definition) is 0. The van der Waals surface area contributed by atoms with Crippen LogP contribution in [-0.2, 0) is 22.5 Å². The predicted octanol–water partition coefficient (Wildman–Crippen LogP) is 1.52. The van der Waals surface area contributed by atoms with Crippen LogP contribution in [0.1, 0.15) is 17.5 Å². The molecule has 1 aromatic carbocycles. The van der Waals surface area contributed by atoms with Crippen molar-refractivity contribution in [2.75, 3.05) is 20.3 Å². The Morgan fingerprint density at radius 2 is 2.26 bits per heavy atom. The summed E-state index contributed by atoms with van der Waals surface area (Å²) < 4.78 is 4.89. The third-order valence-electron chi connectivity index (χ3n) is 3.29. The number of carbonyl (C=O) groups excluding carboxylic acids is 1. The van der Waals surface area contributed by atoms with Gasteiger partial charge in [-0.25, -0.2) is 0 Å². The molecule has 0 fully saturated rings. The van der Waals surface area contributed by atoms with Crippen molar-refractivity contribution < 1.29 is 14.5 Å². The number of carbonyl (C=O) groups is 1. The molecule has 1 amide bonds. The Morgan fingerprint density at radius 3 is 2.95 bits per heavy atom. The average molecular weight is 264 g/mol. The van der Waals surface area contributed by atoms with Crippen LogP contribution in [0.4, 0.5) is 5.69 Å². The van der Waals surface area contributed by atoms with E-state index in [4.69, 9.17) is 4.74 Å². The molecule has 6 heteroatoms. The van der Waals surface area contributed by atoms with Crippen molar-refractivity contribution in [3.8, 4) is 0 Å². The van der Waals surface area contributed by atoms with Crippen molar-refractivity contribution in [1.82, 2.24) is 4.90 Å². The van der Waals surface area contributed by atoms with Gasteiger partial charge < -0.3 is 9.64 Å². The number of nitro benzene ring substituents is 1. The Balaban J connectivity index is 2.11. The molecule has 0 aliphatic carbocycles. The molecule has 0 bridgehead atoms. The van der Waals surface area contributed by atoms with E-state index in [0.717, 1.165) is 17.5 Å². The number of nitro groups is 1. The summed E-state index contributed by atoms with van der Waals surface area (Å²) in [5, 5.41) is 10.8. The number of benzene rings is 1. The molecule has 0 spiro atoms. The minimum absolute atomic E-state index is 0.0269. The van der Waals surface area contributed by atoms with Gasteiger partial charge in [-0.1, -0.05) is 6.07 Å². The summed E-state index contributed by atoms with van der Waals surface area (Å²) in [6, 6.07) is 4.86. The first-order valence-electron chi connectivity index (χ1n) is 6.14. The highest BCUT2D eigenvalue weighted by atomic mass is 16.6. The van der Waals surface area contributed by atoms with E-state index >= 15 is 0 Å². The lowest BCUT2D eigenvalue weighted by atomic mass is 9.99. The molecule has 1 aliphatic rings. The summed E-state index contributed by atoms with van der Waals surface area (Å²) in [6.07, 6.45) is 1.09. The van der Waals surface area contributed by atoms with Gasteiger partial charge in [-0.15, -0.1) is 0 Å². The predicted molar refractivity (Wildman–Crippen MR) is 68.7 cm³/mol. The fraction of sp³-hybridized carbons (Fsp3) is 0.462. The van der Waals surface area contributed by atoms with Crippen LogP contribution < -0.4 is 0 Å². The number of amides is 1. The van der Waals surface area contributed by atoms with Gasteiger partial charge in [0.2, 0.25) is 5.91 Å². The Hall–Kier alpha value is -1.95. The van der Waals surface area contributed by atoms with Crippen LogP contribution in [0.3, 0.4) is 0 Å². The lowest BCUT2D eigenvalue weighted by Gasteiger charge is -2.28. The molecule has 1 aromatic rings. The summed E-state index contributed by atoms with van der Waals surface area (Å²) in [5.41, 5.74) is 2.03. The number of nitrogens with zero attached hydrogens (tertiary/aromatic N) is 2. The van der Waals surface area contributed by atoms with Gasteiger partial charge in [0.25, 0.3) is 5.69 Å². The maximum Gasteiger partial charge on any atom is 0.269 e. The zero-order chi connectivity index (χ0) is 13.8. The normalized spacial score (nSPS) is 14.1. The molecule has 0 unspecified atom stereocenters. The van der Waals surface area contributed by atoms with Gasteiger partial charge in [0.15, 0.2) is 0 Å². The highest BCUT2D eigenvalue weighted by Crippen LogP contribution is 2.24.